The number of pyridine rings is 1. The second-order valence-electron chi connectivity index (χ2n) is 12.8. The SMILES string of the molecule is CNC(O)c1c2cc(C3CC3)c(N(CCC3(CNC(=O)OC(C)(C)C)COC3)S(C)(=O)=O)cc2nn1-c1ccc(C)cn1. The molecule has 3 heterocycles. The number of benzene rings is 1. The van der Waals surface area contributed by atoms with Gasteiger partial charge < -0.3 is 19.9 Å². The van der Waals surface area contributed by atoms with Crippen LogP contribution in [0.1, 0.15) is 69.0 Å². The van der Waals surface area contributed by atoms with Gasteiger partial charge in [-0.25, -0.2) is 22.9 Å². The number of aliphatic hydroxyl groups is 1. The largest absolute Gasteiger partial charge is 0.444 e. The summed E-state index contributed by atoms with van der Waals surface area (Å²) in [6.45, 7) is 8.69. The number of anilines is 1. The summed E-state index contributed by atoms with van der Waals surface area (Å²) in [6, 6.07) is 7.54. The number of carbonyl (C=O) groups is 1. The van der Waals surface area contributed by atoms with Gasteiger partial charge in [-0.2, -0.15) is 5.10 Å². The third-order valence-electron chi connectivity index (χ3n) is 7.86. The van der Waals surface area contributed by atoms with Crippen molar-refractivity contribution in [3.8, 4) is 5.82 Å². The Morgan fingerprint density at radius 2 is 2.00 bits per heavy atom. The van der Waals surface area contributed by atoms with E-state index in [4.69, 9.17) is 14.6 Å². The molecule has 12 nitrogen and oxygen atoms in total. The number of alkyl carbamates (subject to hydrolysis) is 1. The van der Waals surface area contributed by atoms with Gasteiger partial charge in [0.05, 0.1) is 36.4 Å². The first-order valence-electron chi connectivity index (χ1n) is 14.6. The highest BCUT2D eigenvalue weighted by Crippen LogP contribution is 2.47. The van der Waals surface area contributed by atoms with E-state index in [9.17, 15) is 18.3 Å². The molecular weight excluding hydrogens is 572 g/mol. The molecule has 234 valence electrons. The van der Waals surface area contributed by atoms with Crippen molar-refractivity contribution in [3.05, 3.63) is 47.3 Å². The number of aryl methyl sites for hydroxylation is 1. The van der Waals surface area contributed by atoms with Crippen LogP contribution >= 0.6 is 0 Å². The molecule has 3 aromatic rings. The van der Waals surface area contributed by atoms with Crippen LogP contribution in [0.3, 0.4) is 0 Å². The molecule has 2 fully saturated rings. The molecule has 43 heavy (non-hydrogen) atoms. The Morgan fingerprint density at radius 3 is 2.53 bits per heavy atom. The van der Waals surface area contributed by atoms with Gasteiger partial charge in [0.25, 0.3) is 0 Å². The highest BCUT2D eigenvalue weighted by molar-refractivity contribution is 7.92. The third-order valence-corrected chi connectivity index (χ3v) is 9.04. The highest BCUT2D eigenvalue weighted by atomic mass is 32.2. The minimum Gasteiger partial charge on any atom is -0.444 e. The van der Waals surface area contributed by atoms with E-state index in [2.05, 4.69) is 15.6 Å². The van der Waals surface area contributed by atoms with Crippen LogP contribution in [0.2, 0.25) is 0 Å². The Bertz CT molecular complexity index is 1590. The van der Waals surface area contributed by atoms with E-state index >= 15 is 0 Å². The van der Waals surface area contributed by atoms with Gasteiger partial charge in [-0.3, -0.25) is 9.62 Å². The fourth-order valence-electron chi connectivity index (χ4n) is 5.36. The van der Waals surface area contributed by atoms with Crippen molar-refractivity contribution in [2.24, 2.45) is 5.41 Å². The van der Waals surface area contributed by atoms with Crippen LogP contribution in [0.15, 0.2) is 30.5 Å². The molecule has 2 aliphatic rings. The zero-order valence-corrected chi connectivity index (χ0v) is 26.5. The van der Waals surface area contributed by atoms with Crippen LogP contribution in [0.4, 0.5) is 10.5 Å². The maximum atomic E-state index is 13.3. The summed E-state index contributed by atoms with van der Waals surface area (Å²) in [5.74, 6) is 0.754. The number of hydrogen-bond acceptors (Lipinski definition) is 9. The molecular formula is C30H42N6O6S. The number of rotatable bonds is 11. The van der Waals surface area contributed by atoms with Crippen molar-refractivity contribution in [2.45, 2.75) is 64.7 Å². The number of nitrogens with zero attached hydrogens (tertiary/aromatic N) is 4. The lowest BCUT2D eigenvalue weighted by molar-refractivity contribution is -0.113. The van der Waals surface area contributed by atoms with Crippen molar-refractivity contribution in [3.63, 3.8) is 0 Å². The second kappa shape index (κ2) is 11.7. The fraction of sp³-hybridized carbons (Fsp3) is 0.567. The van der Waals surface area contributed by atoms with Crippen LogP contribution in [0.25, 0.3) is 16.7 Å². The Hall–Kier alpha value is -3.26. The van der Waals surface area contributed by atoms with Crippen LogP contribution in [-0.4, -0.2) is 79.6 Å². The number of ether oxygens (including phenoxy) is 2. The van der Waals surface area contributed by atoms with Gasteiger partial charge in [0.1, 0.15) is 11.8 Å². The predicted octanol–water partition coefficient (Wildman–Crippen LogP) is 3.51. The molecule has 1 aromatic carbocycles. The average molecular weight is 615 g/mol. The smallest absolute Gasteiger partial charge is 0.407 e. The van der Waals surface area contributed by atoms with E-state index in [0.29, 0.717) is 48.9 Å². The number of amides is 1. The van der Waals surface area contributed by atoms with Gasteiger partial charge in [0.15, 0.2) is 5.82 Å². The molecule has 1 aliphatic heterocycles. The van der Waals surface area contributed by atoms with Gasteiger partial charge in [-0.15, -0.1) is 0 Å². The topological polar surface area (TPSA) is 148 Å². The lowest BCUT2D eigenvalue weighted by Gasteiger charge is -2.42. The summed E-state index contributed by atoms with van der Waals surface area (Å²) >= 11 is 0. The predicted molar refractivity (Wildman–Crippen MR) is 164 cm³/mol. The minimum atomic E-state index is -3.69. The maximum absolute atomic E-state index is 13.3. The van der Waals surface area contributed by atoms with Crippen molar-refractivity contribution in [1.82, 2.24) is 25.4 Å². The summed E-state index contributed by atoms with van der Waals surface area (Å²) in [4.78, 5) is 16.8. The van der Waals surface area contributed by atoms with Gasteiger partial charge >= 0.3 is 6.09 Å². The van der Waals surface area contributed by atoms with E-state index in [1.165, 1.54) is 10.6 Å². The number of hydrogen-bond donors (Lipinski definition) is 3. The maximum Gasteiger partial charge on any atom is 0.407 e. The Labute approximate surface area is 252 Å². The third kappa shape index (κ3) is 6.95. The van der Waals surface area contributed by atoms with Crippen LogP contribution in [-0.2, 0) is 19.5 Å². The Kier molecular flexibility index (Phi) is 8.47. The number of aromatic nitrogens is 3. The first-order chi connectivity index (χ1) is 20.2. The number of aliphatic hydroxyl groups excluding tert-OH is 1. The monoisotopic (exact) mass is 614 g/mol. The molecule has 13 heteroatoms. The molecule has 1 unspecified atom stereocenters. The standard InChI is InChI=1S/C30H42N6O6S/c1-19-7-10-25(32-15-19)36-26(27(37)31-5)22-13-21(20-8-9-20)24(14-23(22)34-36)35(43(6,39)40)12-11-30(17-41-18-30)16-33-28(38)42-29(2,3)4/h7,10,13-15,20,27,31,37H,8-9,11-12,16-18H2,1-6H3,(H,33,38). The van der Waals surface area contributed by atoms with Crippen molar-refractivity contribution >= 4 is 32.7 Å². The number of carbonyl (C=O) groups excluding carboxylic acids is 1. The van der Waals surface area contributed by atoms with Gasteiger partial charge in [-0.05, 0) is 89.2 Å². The van der Waals surface area contributed by atoms with Crippen LogP contribution < -0.4 is 14.9 Å². The number of fused-ring (bicyclic) bond motifs is 1. The molecule has 0 spiro atoms. The normalized spacial score (nSPS) is 17.4. The summed E-state index contributed by atoms with van der Waals surface area (Å²) in [6.07, 6.45) is 3.79. The summed E-state index contributed by atoms with van der Waals surface area (Å²) in [5.41, 5.74) is 2.54. The van der Waals surface area contributed by atoms with Crippen molar-refractivity contribution in [1.29, 1.82) is 0 Å². The quantitative estimate of drug-likeness (QED) is 0.276. The molecule has 1 saturated carbocycles. The lowest BCUT2D eigenvalue weighted by atomic mass is 9.82. The zero-order chi connectivity index (χ0) is 31.2. The summed E-state index contributed by atoms with van der Waals surface area (Å²) in [7, 11) is -2.02. The average Bonchev–Trinajstić information content (AvgIpc) is 3.68. The highest BCUT2D eigenvalue weighted by Gasteiger charge is 2.41. The van der Waals surface area contributed by atoms with E-state index in [1.807, 2.05) is 31.2 Å². The molecule has 1 amide bonds. The Morgan fingerprint density at radius 1 is 1.28 bits per heavy atom. The fourth-order valence-corrected chi connectivity index (χ4v) is 6.30. The zero-order valence-electron chi connectivity index (χ0n) is 25.7. The second-order valence-corrected chi connectivity index (χ2v) is 14.7. The van der Waals surface area contributed by atoms with Crippen LogP contribution in [0.5, 0.6) is 0 Å². The Balaban J connectivity index is 1.50. The molecule has 0 radical (unpaired) electrons. The number of nitrogens with one attached hydrogen (secondary N) is 2. The number of sulfonamides is 1. The molecule has 3 N–H and O–H groups in total. The van der Waals surface area contributed by atoms with E-state index in [-0.39, 0.29) is 12.5 Å². The molecule has 0 bridgehead atoms. The molecule has 1 atom stereocenters. The van der Waals surface area contributed by atoms with Gasteiger partial charge in [0.2, 0.25) is 10.0 Å². The summed E-state index contributed by atoms with van der Waals surface area (Å²) in [5, 5.41) is 22.2. The first kappa shape index (κ1) is 31.2. The van der Waals surface area contributed by atoms with Gasteiger partial charge in [0, 0.05) is 30.1 Å². The van der Waals surface area contributed by atoms with Crippen LogP contribution in [0, 0.1) is 12.3 Å². The molecule has 1 aliphatic carbocycles. The van der Waals surface area contributed by atoms with Crippen molar-refractivity contribution in [2.75, 3.05) is 43.9 Å². The molecule has 2 aromatic heterocycles. The lowest BCUT2D eigenvalue weighted by Crippen LogP contribution is -2.53. The van der Waals surface area contributed by atoms with Gasteiger partial charge in [-0.1, -0.05) is 6.07 Å². The first-order valence-corrected chi connectivity index (χ1v) is 16.4. The molecule has 1 saturated heterocycles. The summed E-state index contributed by atoms with van der Waals surface area (Å²) < 4.78 is 40.6. The van der Waals surface area contributed by atoms with Crippen molar-refractivity contribution < 1.29 is 27.8 Å². The van der Waals surface area contributed by atoms with E-state index in [1.54, 1.807) is 38.7 Å². The molecule has 5 rings (SSSR count). The van der Waals surface area contributed by atoms with E-state index < -0.39 is 33.4 Å². The minimum absolute atomic E-state index is 0.204. The van der Waals surface area contributed by atoms with E-state index in [0.717, 1.165) is 29.4 Å².